The van der Waals surface area contributed by atoms with Gasteiger partial charge in [0.05, 0.1) is 5.56 Å². The molecule has 1 fully saturated rings. The van der Waals surface area contributed by atoms with Crippen molar-refractivity contribution in [3.05, 3.63) is 28.2 Å². The third kappa shape index (κ3) is 2.37. The Hall–Kier alpha value is -0.710. The number of rotatable bonds is 2. The Balaban J connectivity index is 2.33. The molecule has 0 heterocycles. The average molecular weight is 336 g/mol. The van der Waals surface area contributed by atoms with Crippen LogP contribution >= 0.6 is 15.9 Å². The highest BCUT2D eigenvalue weighted by Gasteiger charge is 2.65. The molecule has 0 amide bonds. The maximum atomic E-state index is 13.0. The summed E-state index contributed by atoms with van der Waals surface area (Å²) in [6.07, 6.45) is -4.35. The lowest BCUT2D eigenvalue weighted by molar-refractivity contribution is -0.137. The minimum absolute atomic E-state index is 0.0110. The second kappa shape index (κ2) is 4.14. The summed E-state index contributed by atoms with van der Waals surface area (Å²) >= 11 is 3.09. The summed E-state index contributed by atoms with van der Waals surface area (Å²) in [4.78, 5) is 0. The summed E-state index contributed by atoms with van der Waals surface area (Å²) in [5.41, 5.74) is -0.494. The van der Waals surface area contributed by atoms with Gasteiger partial charge in [-0.1, -0.05) is 43.6 Å². The van der Waals surface area contributed by atoms with E-state index in [-0.39, 0.29) is 22.6 Å². The molecule has 0 bridgehead atoms. The third-order valence-corrected chi connectivity index (χ3v) is 5.10. The molecule has 1 aromatic rings. The maximum absolute atomic E-state index is 13.0. The SMILES string of the molecule is CC1(C)C(Nc2ccc(Br)cc2C(F)(F)F)C1(C)C. The van der Waals surface area contributed by atoms with Crippen LogP contribution in [-0.4, -0.2) is 6.04 Å². The second-order valence-electron chi connectivity index (χ2n) is 6.21. The van der Waals surface area contributed by atoms with Gasteiger partial charge in [-0.2, -0.15) is 13.2 Å². The van der Waals surface area contributed by atoms with E-state index in [0.29, 0.717) is 4.47 Å². The van der Waals surface area contributed by atoms with Gasteiger partial charge in [0.2, 0.25) is 0 Å². The highest BCUT2D eigenvalue weighted by molar-refractivity contribution is 9.10. The van der Waals surface area contributed by atoms with Crippen molar-refractivity contribution in [2.75, 3.05) is 5.32 Å². The summed E-state index contributed by atoms with van der Waals surface area (Å²) in [5.74, 6) is 0. The summed E-state index contributed by atoms with van der Waals surface area (Å²) in [6, 6.07) is 4.27. The van der Waals surface area contributed by atoms with Crippen LogP contribution in [0.15, 0.2) is 22.7 Å². The van der Waals surface area contributed by atoms with Crippen molar-refractivity contribution >= 4 is 21.6 Å². The number of nitrogens with one attached hydrogen (secondary N) is 1. The molecular formula is C14H17BrF3N. The Morgan fingerprint density at radius 3 is 2.05 bits per heavy atom. The Kier molecular flexibility index (Phi) is 3.20. The lowest BCUT2D eigenvalue weighted by Crippen LogP contribution is -2.15. The van der Waals surface area contributed by atoms with Gasteiger partial charge < -0.3 is 5.32 Å². The molecule has 0 radical (unpaired) electrons. The van der Waals surface area contributed by atoms with Gasteiger partial charge in [0.25, 0.3) is 0 Å². The van der Waals surface area contributed by atoms with Crippen molar-refractivity contribution in [3.63, 3.8) is 0 Å². The molecule has 1 aromatic carbocycles. The molecule has 0 saturated heterocycles. The zero-order valence-electron chi connectivity index (χ0n) is 11.3. The fourth-order valence-electron chi connectivity index (χ4n) is 2.59. The minimum Gasteiger partial charge on any atom is -0.381 e. The first-order valence-corrected chi connectivity index (χ1v) is 6.90. The number of alkyl halides is 3. The zero-order valence-corrected chi connectivity index (χ0v) is 12.9. The van der Waals surface area contributed by atoms with Crippen molar-refractivity contribution in [3.8, 4) is 0 Å². The summed E-state index contributed by atoms with van der Waals surface area (Å²) in [5, 5.41) is 3.06. The van der Waals surface area contributed by atoms with E-state index in [4.69, 9.17) is 0 Å². The Morgan fingerprint density at radius 1 is 1.11 bits per heavy atom. The lowest BCUT2D eigenvalue weighted by atomic mass is 10.0. The number of anilines is 1. The van der Waals surface area contributed by atoms with Crippen LogP contribution in [0.2, 0.25) is 0 Å². The van der Waals surface area contributed by atoms with E-state index in [1.54, 1.807) is 6.07 Å². The van der Waals surface area contributed by atoms with Gasteiger partial charge in [-0.05, 0) is 29.0 Å². The molecular weight excluding hydrogens is 319 g/mol. The number of hydrogen-bond acceptors (Lipinski definition) is 1. The maximum Gasteiger partial charge on any atom is 0.418 e. The van der Waals surface area contributed by atoms with Crippen LogP contribution in [0.1, 0.15) is 33.3 Å². The molecule has 1 nitrogen and oxygen atoms in total. The summed E-state index contributed by atoms with van der Waals surface area (Å²) < 4.78 is 39.5. The van der Waals surface area contributed by atoms with Crippen LogP contribution in [0.3, 0.4) is 0 Å². The van der Waals surface area contributed by atoms with Crippen LogP contribution in [0.25, 0.3) is 0 Å². The van der Waals surface area contributed by atoms with Gasteiger partial charge in [0.1, 0.15) is 0 Å². The number of hydrogen-bond donors (Lipinski definition) is 1. The molecule has 1 N–H and O–H groups in total. The van der Waals surface area contributed by atoms with E-state index in [9.17, 15) is 13.2 Å². The fourth-order valence-corrected chi connectivity index (χ4v) is 2.95. The summed E-state index contributed by atoms with van der Waals surface area (Å²) in [6.45, 7) is 8.27. The average Bonchev–Trinajstić information content (AvgIpc) is 2.61. The largest absolute Gasteiger partial charge is 0.418 e. The van der Waals surface area contributed by atoms with Gasteiger partial charge in [0.15, 0.2) is 0 Å². The van der Waals surface area contributed by atoms with E-state index in [1.807, 2.05) is 0 Å². The minimum atomic E-state index is -4.35. The van der Waals surface area contributed by atoms with E-state index in [2.05, 4.69) is 48.9 Å². The van der Waals surface area contributed by atoms with Crippen LogP contribution < -0.4 is 5.32 Å². The summed E-state index contributed by atoms with van der Waals surface area (Å²) in [7, 11) is 0. The third-order valence-electron chi connectivity index (χ3n) is 4.61. The Bertz CT molecular complexity index is 492. The first kappa shape index (κ1) is 14.7. The first-order valence-electron chi connectivity index (χ1n) is 6.11. The van der Waals surface area contributed by atoms with Crippen molar-refractivity contribution in [2.45, 2.75) is 39.9 Å². The highest BCUT2D eigenvalue weighted by Crippen LogP contribution is 2.64. The van der Waals surface area contributed by atoms with E-state index < -0.39 is 11.7 Å². The molecule has 2 rings (SSSR count). The highest BCUT2D eigenvalue weighted by atomic mass is 79.9. The van der Waals surface area contributed by atoms with Crippen LogP contribution in [-0.2, 0) is 6.18 Å². The molecule has 0 aliphatic heterocycles. The van der Waals surface area contributed by atoms with Crippen molar-refractivity contribution in [1.82, 2.24) is 0 Å². The Labute approximate surface area is 119 Å². The topological polar surface area (TPSA) is 12.0 Å². The molecule has 0 aromatic heterocycles. The van der Waals surface area contributed by atoms with E-state index >= 15 is 0 Å². The molecule has 5 heteroatoms. The predicted molar refractivity (Wildman–Crippen MR) is 74.1 cm³/mol. The molecule has 0 atom stereocenters. The van der Waals surface area contributed by atoms with Crippen molar-refractivity contribution < 1.29 is 13.2 Å². The van der Waals surface area contributed by atoms with Crippen LogP contribution in [0, 0.1) is 10.8 Å². The monoisotopic (exact) mass is 335 g/mol. The van der Waals surface area contributed by atoms with Crippen LogP contribution in [0.4, 0.5) is 18.9 Å². The fraction of sp³-hybridized carbons (Fsp3) is 0.571. The first-order chi connectivity index (χ1) is 8.48. The van der Waals surface area contributed by atoms with Gasteiger partial charge in [0, 0.05) is 16.2 Å². The molecule has 0 unspecified atom stereocenters. The van der Waals surface area contributed by atoms with Gasteiger partial charge >= 0.3 is 6.18 Å². The quantitative estimate of drug-likeness (QED) is 0.771. The normalized spacial score (nSPS) is 21.3. The smallest absolute Gasteiger partial charge is 0.381 e. The van der Waals surface area contributed by atoms with Gasteiger partial charge in [-0.25, -0.2) is 0 Å². The van der Waals surface area contributed by atoms with Crippen LogP contribution in [0.5, 0.6) is 0 Å². The standard InChI is InChI=1S/C14H17BrF3N/c1-12(2)11(13(12,3)4)19-10-6-5-8(15)7-9(10)14(16,17)18/h5-7,11,19H,1-4H3. The predicted octanol–water partition coefficient (Wildman–Crippen LogP) is 5.31. The molecule has 1 aliphatic rings. The second-order valence-corrected chi connectivity index (χ2v) is 7.12. The molecule has 1 saturated carbocycles. The van der Waals surface area contributed by atoms with Crippen molar-refractivity contribution in [2.24, 2.45) is 10.8 Å². The number of benzene rings is 1. The van der Waals surface area contributed by atoms with Gasteiger partial charge in [-0.3, -0.25) is 0 Å². The molecule has 1 aliphatic carbocycles. The van der Waals surface area contributed by atoms with Gasteiger partial charge in [-0.15, -0.1) is 0 Å². The zero-order chi connectivity index (χ0) is 14.6. The number of halogens is 4. The van der Waals surface area contributed by atoms with E-state index in [0.717, 1.165) is 6.07 Å². The molecule has 106 valence electrons. The molecule has 0 spiro atoms. The molecule has 19 heavy (non-hydrogen) atoms. The Morgan fingerprint density at radius 2 is 1.63 bits per heavy atom. The lowest BCUT2D eigenvalue weighted by Gasteiger charge is -2.16. The van der Waals surface area contributed by atoms with Crippen molar-refractivity contribution in [1.29, 1.82) is 0 Å². The van der Waals surface area contributed by atoms with E-state index in [1.165, 1.54) is 6.07 Å².